The molecule has 0 saturated carbocycles. The Labute approximate surface area is 67.5 Å². The molecule has 0 aromatic rings. The zero-order valence-electron chi connectivity index (χ0n) is 5.21. The lowest BCUT2D eigenvalue weighted by Gasteiger charge is -2.04. The Balaban J connectivity index is 2.20. The third-order valence-electron chi connectivity index (χ3n) is 1.08. The molecule has 0 aromatic heterocycles. The molecule has 1 heterocycles. The summed E-state index contributed by atoms with van der Waals surface area (Å²) in [6.07, 6.45) is 0. The van der Waals surface area contributed by atoms with Gasteiger partial charge in [0.25, 0.3) is 0 Å². The van der Waals surface area contributed by atoms with Gasteiger partial charge in [0.15, 0.2) is 13.1 Å². The van der Waals surface area contributed by atoms with Gasteiger partial charge < -0.3 is 0 Å². The van der Waals surface area contributed by atoms with Gasteiger partial charge in [-0.3, -0.25) is 0 Å². The minimum Gasteiger partial charge on any atom is -0.240 e. The molecule has 0 amide bonds. The van der Waals surface area contributed by atoms with Gasteiger partial charge in [0.1, 0.15) is 6.72 Å². The largest absolute Gasteiger partial charge is 0.240 e. The van der Waals surface area contributed by atoms with Gasteiger partial charge in [-0.25, -0.2) is 4.58 Å². The van der Waals surface area contributed by atoms with Crippen molar-refractivity contribution in [1.29, 1.82) is 0 Å². The SMILES string of the molecule is C=[N+]1CCSSSCC1. The average Bonchev–Trinajstić information content (AvgIpc) is 1.79. The molecular formula is C5H10NS3+. The van der Waals surface area contributed by atoms with Crippen molar-refractivity contribution in [2.24, 2.45) is 0 Å². The van der Waals surface area contributed by atoms with Gasteiger partial charge in [0, 0.05) is 0 Å². The van der Waals surface area contributed by atoms with E-state index < -0.39 is 0 Å². The molecule has 1 aliphatic heterocycles. The summed E-state index contributed by atoms with van der Waals surface area (Å²) in [5.74, 6) is 2.42. The highest BCUT2D eigenvalue weighted by Crippen LogP contribution is 2.34. The lowest BCUT2D eigenvalue weighted by Crippen LogP contribution is -2.16. The Morgan fingerprint density at radius 1 is 1.11 bits per heavy atom. The molecular weight excluding hydrogens is 170 g/mol. The van der Waals surface area contributed by atoms with Gasteiger partial charge in [-0.15, -0.1) is 0 Å². The molecule has 52 valence electrons. The second-order valence-electron chi connectivity index (χ2n) is 1.83. The Morgan fingerprint density at radius 3 is 2.22 bits per heavy atom. The first-order valence-electron chi connectivity index (χ1n) is 2.86. The topological polar surface area (TPSA) is 3.01 Å². The highest BCUT2D eigenvalue weighted by molar-refractivity contribution is 9.09. The van der Waals surface area contributed by atoms with Crippen molar-refractivity contribution in [2.75, 3.05) is 24.6 Å². The summed E-state index contributed by atoms with van der Waals surface area (Å²) in [5.41, 5.74) is 0. The lowest BCUT2D eigenvalue weighted by atomic mass is 10.6. The van der Waals surface area contributed by atoms with Crippen molar-refractivity contribution in [3.8, 4) is 0 Å². The Kier molecular flexibility index (Phi) is 3.93. The molecule has 1 aliphatic rings. The summed E-state index contributed by atoms with van der Waals surface area (Å²) in [6.45, 7) is 6.17. The van der Waals surface area contributed by atoms with E-state index in [0.29, 0.717) is 0 Å². The van der Waals surface area contributed by atoms with E-state index in [1.54, 1.807) is 0 Å². The lowest BCUT2D eigenvalue weighted by molar-refractivity contribution is -0.509. The van der Waals surface area contributed by atoms with Crippen LogP contribution >= 0.6 is 31.4 Å². The van der Waals surface area contributed by atoms with Crippen LogP contribution in [0.2, 0.25) is 0 Å². The molecule has 1 saturated heterocycles. The summed E-state index contributed by atoms with van der Waals surface area (Å²) in [5, 5.41) is 0. The van der Waals surface area contributed by atoms with E-state index in [0.717, 1.165) is 13.1 Å². The standard InChI is InChI=1S/C5H10NS3/c1-6-2-4-7-9-8-5-3-6/h1-5H2/q+1. The summed E-state index contributed by atoms with van der Waals surface area (Å²) in [6, 6.07) is 0. The maximum atomic E-state index is 3.90. The van der Waals surface area contributed by atoms with Crippen LogP contribution in [0.1, 0.15) is 0 Å². The molecule has 0 aliphatic carbocycles. The van der Waals surface area contributed by atoms with E-state index in [1.165, 1.54) is 11.5 Å². The van der Waals surface area contributed by atoms with Gasteiger partial charge in [-0.05, 0) is 9.83 Å². The van der Waals surface area contributed by atoms with E-state index >= 15 is 0 Å². The predicted octanol–water partition coefficient (Wildman–Crippen LogP) is 1.74. The molecule has 0 unspecified atom stereocenters. The summed E-state index contributed by atoms with van der Waals surface area (Å²) < 4.78 is 2.14. The van der Waals surface area contributed by atoms with E-state index in [-0.39, 0.29) is 0 Å². The van der Waals surface area contributed by atoms with Gasteiger partial charge in [0.05, 0.1) is 11.5 Å². The van der Waals surface area contributed by atoms with Crippen LogP contribution in [0.4, 0.5) is 0 Å². The number of hydrogen-bond donors (Lipinski definition) is 0. The zero-order valence-corrected chi connectivity index (χ0v) is 7.66. The minimum absolute atomic E-state index is 1.14. The molecule has 0 radical (unpaired) electrons. The summed E-state index contributed by atoms with van der Waals surface area (Å²) >= 11 is 0. The molecule has 0 aromatic carbocycles. The quantitative estimate of drug-likeness (QED) is 0.413. The molecule has 0 spiro atoms. The molecule has 0 atom stereocenters. The van der Waals surface area contributed by atoms with Crippen molar-refractivity contribution in [3.63, 3.8) is 0 Å². The Bertz CT molecular complexity index is 94.4. The molecule has 0 N–H and O–H groups in total. The van der Waals surface area contributed by atoms with Gasteiger partial charge >= 0.3 is 0 Å². The first kappa shape index (κ1) is 7.82. The number of hydrogen-bond acceptors (Lipinski definition) is 3. The minimum atomic E-state index is 1.14. The third kappa shape index (κ3) is 3.43. The fraction of sp³-hybridized carbons (Fsp3) is 0.800. The maximum Gasteiger partial charge on any atom is 0.152 e. The monoisotopic (exact) mass is 180 g/mol. The van der Waals surface area contributed by atoms with Crippen LogP contribution in [0.25, 0.3) is 0 Å². The highest BCUT2D eigenvalue weighted by atomic mass is 33.5. The first-order chi connectivity index (χ1) is 4.39. The van der Waals surface area contributed by atoms with Crippen molar-refractivity contribution in [3.05, 3.63) is 0 Å². The molecule has 9 heavy (non-hydrogen) atoms. The van der Waals surface area contributed by atoms with Crippen molar-refractivity contribution in [1.82, 2.24) is 0 Å². The Morgan fingerprint density at radius 2 is 1.67 bits per heavy atom. The van der Waals surface area contributed by atoms with E-state index in [4.69, 9.17) is 0 Å². The smallest absolute Gasteiger partial charge is 0.152 e. The van der Waals surface area contributed by atoms with E-state index in [9.17, 15) is 0 Å². The third-order valence-corrected chi connectivity index (χ3v) is 5.28. The first-order valence-corrected chi connectivity index (χ1v) is 6.68. The molecule has 1 nitrogen and oxygen atoms in total. The van der Waals surface area contributed by atoms with Crippen LogP contribution in [-0.2, 0) is 0 Å². The Hall–Kier alpha value is 0.720. The summed E-state index contributed by atoms with van der Waals surface area (Å²) in [7, 11) is 5.77. The average molecular weight is 180 g/mol. The van der Waals surface area contributed by atoms with Crippen molar-refractivity contribution >= 4 is 38.1 Å². The van der Waals surface area contributed by atoms with E-state index in [2.05, 4.69) is 11.3 Å². The summed E-state index contributed by atoms with van der Waals surface area (Å²) in [4.78, 5) is 0. The van der Waals surface area contributed by atoms with Crippen LogP contribution in [0, 0.1) is 0 Å². The molecule has 1 rings (SSSR count). The molecule has 1 fully saturated rings. The fourth-order valence-corrected chi connectivity index (χ4v) is 4.31. The van der Waals surface area contributed by atoms with Crippen LogP contribution in [-0.4, -0.2) is 35.9 Å². The van der Waals surface area contributed by atoms with Gasteiger partial charge in [-0.1, -0.05) is 21.6 Å². The van der Waals surface area contributed by atoms with Crippen LogP contribution < -0.4 is 0 Å². The second-order valence-corrected chi connectivity index (χ2v) is 6.30. The highest BCUT2D eigenvalue weighted by Gasteiger charge is 2.05. The van der Waals surface area contributed by atoms with Gasteiger partial charge in [0.2, 0.25) is 0 Å². The van der Waals surface area contributed by atoms with Gasteiger partial charge in [-0.2, -0.15) is 0 Å². The molecule has 0 bridgehead atoms. The van der Waals surface area contributed by atoms with Crippen LogP contribution in [0.3, 0.4) is 0 Å². The van der Waals surface area contributed by atoms with E-state index in [1.807, 2.05) is 31.4 Å². The normalized spacial score (nSPS) is 22.9. The number of nitrogens with zero attached hydrogens (tertiary/aromatic N) is 1. The van der Waals surface area contributed by atoms with Crippen LogP contribution in [0.5, 0.6) is 0 Å². The number of rotatable bonds is 0. The van der Waals surface area contributed by atoms with Crippen LogP contribution in [0.15, 0.2) is 0 Å². The van der Waals surface area contributed by atoms with Crippen molar-refractivity contribution in [2.45, 2.75) is 0 Å². The predicted molar refractivity (Wildman–Crippen MR) is 49.6 cm³/mol. The maximum absolute atomic E-state index is 3.90. The zero-order chi connectivity index (χ0) is 6.53. The van der Waals surface area contributed by atoms with Crippen molar-refractivity contribution < 1.29 is 4.58 Å². The molecule has 4 heteroatoms. The second kappa shape index (κ2) is 4.52. The fourth-order valence-electron chi connectivity index (χ4n) is 0.547.